The Labute approximate surface area is 122 Å². The van der Waals surface area contributed by atoms with Crippen LogP contribution < -0.4 is 5.32 Å². The number of rotatable bonds is 3. The molecule has 2 rings (SSSR count). The molecule has 0 aliphatic carbocycles. The van der Waals surface area contributed by atoms with Gasteiger partial charge in [-0.3, -0.25) is 4.79 Å². The molecule has 0 aliphatic rings. The lowest BCUT2D eigenvalue weighted by atomic mass is 10.1. The molecule has 0 unspecified atom stereocenters. The summed E-state index contributed by atoms with van der Waals surface area (Å²) in [6, 6.07) is 9.35. The van der Waals surface area contributed by atoms with Crippen LogP contribution >= 0.6 is 11.3 Å². The molecule has 1 aromatic carbocycles. The first-order chi connectivity index (χ1) is 9.70. The summed E-state index contributed by atoms with van der Waals surface area (Å²) < 4.78 is 0. The van der Waals surface area contributed by atoms with Gasteiger partial charge in [0.05, 0.1) is 17.2 Å². The van der Waals surface area contributed by atoms with E-state index < -0.39 is 0 Å². The molecule has 0 saturated heterocycles. The molecule has 0 radical (unpaired) electrons. The molecular weight excluding hydrogens is 270 g/mol. The number of nitrogens with one attached hydrogen (secondary N) is 1. The van der Waals surface area contributed by atoms with Crippen LogP contribution in [0.2, 0.25) is 0 Å². The summed E-state index contributed by atoms with van der Waals surface area (Å²) in [7, 11) is 0. The summed E-state index contributed by atoms with van der Waals surface area (Å²) in [5, 5.41) is 13.5. The molecule has 0 saturated carbocycles. The second-order valence-corrected chi connectivity index (χ2v) is 5.20. The van der Waals surface area contributed by atoms with Gasteiger partial charge < -0.3 is 10.4 Å². The molecule has 4 heteroatoms. The lowest BCUT2D eigenvalue weighted by Gasteiger charge is -2.07. The van der Waals surface area contributed by atoms with Crippen LogP contribution in [0.5, 0.6) is 0 Å². The number of hydrogen-bond donors (Lipinski definition) is 2. The van der Waals surface area contributed by atoms with E-state index in [0.717, 1.165) is 11.1 Å². The molecule has 0 spiro atoms. The molecule has 1 heterocycles. The van der Waals surface area contributed by atoms with Crippen LogP contribution in [0.1, 0.15) is 27.2 Å². The Morgan fingerprint density at radius 2 is 2.25 bits per heavy atom. The lowest BCUT2D eigenvalue weighted by molar-refractivity contribution is 0.103. The number of thiophene rings is 1. The Kier molecular flexibility index (Phi) is 4.94. The van der Waals surface area contributed by atoms with Crippen LogP contribution in [-0.4, -0.2) is 17.6 Å². The van der Waals surface area contributed by atoms with Crippen molar-refractivity contribution in [2.24, 2.45) is 0 Å². The molecule has 0 atom stereocenters. The van der Waals surface area contributed by atoms with E-state index in [-0.39, 0.29) is 12.5 Å². The highest BCUT2D eigenvalue weighted by molar-refractivity contribution is 7.12. The van der Waals surface area contributed by atoms with Crippen LogP contribution in [0.3, 0.4) is 0 Å². The largest absolute Gasteiger partial charge is 0.395 e. The summed E-state index contributed by atoms with van der Waals surface area (Å²) in [6.07, 6.45) is 0.423. The van der Waals surface area contributed by atoms with Crippen molar-refractivity contribution in [1.29, 1.82) is 0 Å². The molecule has 0 bridgehead atoms. The van der Waals surface area contributed by atoms with Crippen LogP contribution in [0.15, 0.2) is 35.7 Å². The van der Waals surface area contributed by atoms with Crippen molar-refractivity contribution in [3.63, 3.8) is 0 Å². The fraction of sp³-hybridized carbons (Fsp3) is 0.188. The smallest absolute Gasteiger partial charge is 0.265 e. The minimum atomic E-state index is -0.129. The Hall–Kier alpha value is -2.09. The fourth-order valence-electron chi connectivity index (χ4n) is 1.68. The molecule has 102 valence electrons. The van der Waals surface area contributed by atoms with Crippen LogP contribution in [0, 0.1) is 18.8 Å². The molecule has 20 heavy (non-hydrogen) atoms. The van der Waals surface area contributed by atoms with E-state index in [4.69, 9.17) is 5.11 Å². The van der Waals surface area contributed by atoms with Crippen molar-refractivity contribution in [2.45, 2.75) is 13.3 Å². The molecule has 0 fully saturated rings. The highest BCUT2D eigenvalue weighted by atomic mass is 32.1. The molecule has 2 N–H and O–H groups in total. The first-order valence-electron chi connectivity index (χ1n) is 6.26. The van der Waals surface area contributed by atoms with E-state index in [9.17, 15) is 4.79 Å². The summed E-state index contributed by atoms with van der Waals surface area (Å²) in [5.74, 6) is 5.71. The van der Waals surface area contributed by atoms with E-state index >= 15 is 0 Å². The third-order valence-corrected chi connectivity index (χ3v) is 3.50. The highest BCUT2D eigenvalue weighted by Gasteiger charge is 2.09. The maximum Gasteiger partial charge on any atom is 0.265 e. The minimum absolute atomic E-state index is 0.0374. The van der Waals surface area contributed by atoms with Crippen molar-refractivity contribution in [3.8, 4) is 11.8 Å². The number of anilines is 1. The maximum atomic E-state index is 12.1. The highest BCUT2D eigenvalue weighted by Crippen LogP contribution is 2.19. The SMILES string of the molecule is Cc1ccc(C#CCCO)c(NC(=O)c2cccs2)c1. The third-order valence-electron chi connectivity index (χ3n) is 2.63. The number of aryl methyl sites for hydroxylation is 1. The zero-order valence-corrected chi connectivity index (χ0v) is 12.0. The van der Waals surface area contributed by atoms with Crippen molar-refractivity contribution in [3.05, 3.63) is 51.7 Å². The minimum Gasteiger partial charge on any atom is -0.395 e. The summed E-state index contributed by atoms with van der Waals surface area (Å²) >= 11 is 1.40. The third kappa shape index (κ3) is 3.70. The average molecular weight is 285 g/mol. The van der Waals surface area contributed by atoms with Gasteiger partial charge in [0, 0.05) is 12.0 Å². The molecule has 3 nitrogen and oxygen atoms in total. The number of hydrogen-bond acceptors (Lipinski definition) is 3. The van der Waals surface area contributed by atoms with E-state index in [0.29, 0.717) is 17.0 Å². The van der Waals surface area contributed by atoms with E-state index in [1.807, 2.05) is 36.6 Å². The van der Waals surface area contributed by atoms with Gasteiger partial charge in [0.25, 0.3) is 5.91 Å². The van der Waals surface area contributed by atoms with Crippen molar-refractivity contribution in [2.75, 3.05) is 11.9 Å². The zero-order chi connectivity index (χ0) is 14.4. The monoisotopic (exact) mass is 285 g/mol. The second kappa shape index (κ2) is 6.90. The number of benzene rings is 1. The molecule has 2 aromatic rings. The maximum absolute atomic E-state index is 12.1. The van der Waals surface area contributed by atoms with Crippen LogP contribution in [-0.2, 0) is 0 Å². The average Bonchev–Trinajstić information content (AvgIpc) is 2.95. The lowest BCUT2D eigenvalue weighted by Crippen LogP contribution is -2.11. The molecule has 0 aliphatic heterocycles. The predicted molar refractivity (Wildman–Crippen MR) is 82.0 cm³/mol. The second-order valence-electron chi connectivity index (χ2n) is 4.26. The Morgan fingerprint density at radius 3 is 2.95 bits per heavy atom. The summed E-state index contributed by atoms with van der Waals surface area (Å²) in [6.45, 7) is 2.00. The topological polar surface area (TPSA) is 49.3 Å². The number of carbonyl (C=O) groups is 1. The molecule has 1 aromatic heterocycles. The fourth-order valence-corrected chi connectivity index (χ4v) is 2.29. The number of carbonyl (C=O) groups excluding carboxylic acids is 1. The first-order valence-corrected chi connectivity index (χ1v) is 7.14. The van der Waals surface area contributed by atoms with E-state index in [2.05, 4.69) is 17.2 Å². The van der Waals surface area contributed by atoms with Crippen molar-refractivity contribution in [1.82, 2.24) is 0 Å². The van der Waals surface area contributed by atoms with Crippen LogP contribution in [0.4, 0.5) is 5.69 Å². The quantitative estimate of drug-likeness (QED) is 0.852. The van der Waals surface area contributed by atoms with Crippen LogP contribution in [0.25, 0.3) is 0 Å². The van der Waals surface area contributed by atoms with Gasteiger partial charge >= 0.3 is 0 Å². The van der Waals surface area contributed by atoms with Gasteiger partial charge in [0.1, 0.15) is 0 Å². The van der Waals surface area contributed by atoms with Gasteiger partial charge in [0.2, 0.25) is 0 Å². The number of aliphatic hydroxyl groups excluding tert-OH is 1. The molecule has 1 amide bonds. The van der Waals surface area contributed by atoms with Gasteiger partial charge in [-0.25, -0.2) is 0 Å². The zero-order valence-electron chi connectivity index (χ0n) is 11.1. The Balaban J connectivity index is 2.24. The van der Waals surface area contributed by atoms with Gasteiger partial charge in [-0.15, -0.1) is 11.3 Å². The van der Waals surface area contributed by atoms with E-state index in [1.165, 1.54) is 11.3 Å². The normalized spacial score (nSPS) is 9.70. The van der Waals surface area contributed by atoms with Crippen molar-refractivity contribution < 1.29 is 9.90 Å². The number of amides is 1. The first kappa shape index (κ1) is 14.3. The Bertz CT molecular complexity index is 651. The Morgan fingerprint density at radius 1 is 1.40 bits per heavy atom. The molecular formula is C16H15NO2S. The predicted octanol–water partition coefficient (Wildman–Crippen LogP) is 3.04. The van der Waals surface area contributed by atoms with Gasteiger partial charge in [-0.05, 0) is 36.1 Å². The van der Waals surface area contributed by atoms with Crippen molar-refractivity contribution >= 4 is 22.9 Å². The standard InChI is InChI=1S/C16H15NO2S/c1-12-7-8-13(5-2-3-9-18)14(11-12)17-16(19)15-6-4-10-20-15/h4,6-8,10-11,18H,3,9H2,1H3,(H,17,19). The van der Waals surface area contributed by atoms with Gasteiger partial charge in [0.15, 0.2) is 0 Å². The van der Waals surface area contributed by atoms with Gasteiger partial charge in [-0.2, -0.15) is 0 Å². The van der Waals surface area contributed by atoms with E-state index in [1.54, 1.807) is 6.07 Å². The summed E-state index contributed by atoms with van der Waals surface area (Å²) in [4.78, 5) is 12.7. The number of aliphatic hydroxyl groups is 1. The summed E-state index contributed by atoms with van der Waals surface area (Å²) in [5.41, 5.74) is 2.52. The van der Waals surface area contributed by atoms with Gasteiger partial charge in [-0.1, -0.05) is 24.0 Å².